The maximum atomic E-state index is 14.8. The molecule has 0 radical (unpaired) electrons. The Bertz CT molecular complexity index is 1620. The molecule has 0 spiro atoms. The Morgan fingerprint density at radius 1 is 1.15 bits per heavy atom. The number of nitrogens with zero attached hydrogens (tertiary/aromatic N) is 5. The SMILES string of the molecule is CC(C)C[C@H](Nc1nc(-c2cc(-c3ccon3)n(Cc3ccccc3F)n2)ncc1F)C(=O)NS(=O)(=O)C1CC1. The van der Waals surface area contributed by atoms with Gasteiger partial charge in [0.15, 0.2) is 17.5 Å². The van der Waals surface area contributed by atoms with Gasteiger partial charge in [0.05, 0.1) is 23.7 Å². The predicted octanol–water partition coefficient (Wildman–Crippen LogP) is 3.76. The van der Waals surface area contributed by atoms with Gasteiger partial charge in [0.1, 0.15) is 29.5 Å². The molecule has 1 amide bonds. The molecule has 1 aromatic carbocycles. The molecule has 1 saturated carbocycles. The van der Waals surface area contributed by atoms with Gasteiger partial charge in [0.25, 0.3) is 5.91 Å². The fraction of sp³-hybridized carbons (Fsp3) is 0.346. The molecule has 14 heteroatoms. The van der Waals surface area contributed by atoms with Crippen LogP contribution in [0.25, 0.3) is 22.9 Å². The topological polar surface area (TPSA) is 145 Å². The lowest BCUT2D eigenvalue weighted by Gasteiger charge is -2.21. The van der Waals surface area contributed by atoms with E-state index in [1.807, 2.05) is 13.8 Å². The van der Waals surface area contributed by atoms with Crippen LogP contribution in [0.15, 0.2) is 53.4 Å². The number of rotatable bonds is 11. The Kier molecular flexibility index (Phi) is 7.61. The molecule has 5 rings (SSSR count). The van der Waals surface area contributed by atoms with Crippen LogP contribution in [0.3, 0.4) is 0 Å². The molecule has 3 aromatic heterocycles. The molecule has 0 aliphatic heterocycles. The van der Waals surface area contributed by atoms with Gasteiger partial charge in [0.2, 0.25) is 10.0 Å². The van der Waals surface area contributed by atoms with E-state index in [9.17, 15) is 22.0 Å². The Morgan fingerprint density at radius 2 is 1.93 bits per heavy atom. The number of nitrogens with one attached hydrogen (secondary N) is 2. The minimum atomic E-state index is -3.79. The Labute approximate surface area is 229 Å². The van der Waals surface area contributed by atoms with Crippen LogP contribution in [-0.2, 0) is 21.4 Å². The van der Waals surface area contributed by atoms with Gasteiger partial charge in [-0.25, -0.2) is 27.2 Å². The van der Waals surface area contributed by atoms with Crippen LogP contribution in [0.5, 0.6) is 0 Å². The first-order valence-electron chi connectivity index (χ1n) is 12.7. The first kappa shape index (κ1) is 27.4. The fourth-order valence-electron chi connectivity index (χ4n) is 4.12. The van der Waals surface area contributed by atoms with Gasteiger partial charge in [-0.3, -0.25) is 14.2 Å². The van der Waals surface area contributed by atoms with E-state index in [1.54, 1.807) is 30.3 Å². The molecule has 0 unspecified atom stereocenters. The lowest BCUT2D eigenvalue weighted by Crippen LogP contribution is -2.44. The third kappa shape index (κ3) is 6.17. The van der Waals surface area contributed by atoms with E-state index < -0.39 is 38.9 Å². The van der Waals surface area contributed by atoms with Gasteiger partial charge in [-0.1, -0.05) is 37.2 Å². The van der Waals surface area contributed by atoms with E-state index in [0.29, 0.717) is 29.8 Å². The van der Waals surface area contributed by atoms with Crippen molar-refractivity contribution in [2.45, 2.75) is 50.9 Å². The van der Waals surface area contributed by atoms with Gasteiger partial charge < -0.3 is 9.84 Å². The van der Waals surface area contributed by atoms with Gasteiger partial charge in [-0.05, 0) is 37.3 Å². The Hall–Kier alpha value is -4.20. The summed E-state index contributed by atoms with van der Waals surface area (Å²) < 4.78 is 62.5. The number of hydrogen-bond donors (Lipinski definition) is 2. The Balaban J connectivity index is 1.45. The number of anilines is 1. The van der Waals surface area contributed by atoms with Gasteiger partial charge in [-0.2, -0.15) is 5.10 Å². The summed E-state index contributed by atoms with van der Waals surface area (Å²) in [6.45, 7) is 3.77. The van der Waals surface area contributed by atoms with Gasteiger partial charge in [-0.15, -0.1) is 0 Å². The first-order chi connectivity index (χ1) is 19.1. The summed E-state index contributed by atoms with van der Waals surface area (Å²) in [6.07, 6.45) is 3.53. The third-order valence-corrected chi connectivity index (χ3v) is 8.11. The summed E-state index contributed by atoms with van der Waals surface area (Å²) in [5, 5.41) is 10.6. The molecule has 3 heterocycles. The second kappa shape index (κ2) is 11.1. The Morgan fingerprint density at radius 3 is 2.60 bits per heavy atom. The molecular weight excluding hydrogens is 544 g/mol. The summed E-state index contributed by atoms with van der Waals surface area (Å²) >= 11 is 0. The number of sulfonamides is 1. The maximum Gasteiger partial charge on any atom is 0.255 e. The van der Waals surface area contributed by atoms with Crippen LogP contribution >= 0.6 is 0 Å². The van der Waals surface area contributed by atoms with Crippen molar-refractivity contribution in [3.05, 3.63) is 66.1 Å². The zero-order chi connectivity index (χ0) is 28.4. The van der Waals surface area contributed by atoms with Crippen molar-refractivity contribution in [3.8, 4) is 22.9 Å². The van der Waals surface area contributed by atoms with Crippen LogP contribution in [-0.4, -0.2) is 50.5 Å². The smallest absolute Gasteiger partial charge is 0.255 e. The highest BCUT2D eigenvalue weighted by Gasteiger charge is 2.38. The summed E-state index contributed by atoms with van der Waals surface area (Å²) in [6, 6.07) is 8.41. The monoisotopic (exact) mass is 571 g/mol. The summed E-state index contributed by atoms with van der Waals surface area (Å²) in [5.74, 6) is -2.32. The van der Waals surface area contributed by atoms with Crippen molar-refractivity contribution in [1.29, 1.82) is 0 Å². The van der Waals surface area contributed by atoms with Crippen molar-refractivity contribution < 1.29 is 26.5 Å². The quantitative estimate of drug-likeness (QED) is 0.275. The van der Waals surface area contributed by atoms with Crippen molar-refractivity contribution >= 4 is 21.7 Å². The number of benzene rings is 1. The molecule has 4 aromatic rings. The minimum Gasteiger partial charge on any atom is -0.364 e. The number of halogens is 2. The molecule has 0 saturated heterocycles. The molecule has 1 atom stereocenters. The highest BCUT2D eigenvalue weighted by Crippen LogP contribution is 2.28. The van der Waals surface area contributed by atoms with Crippen LogP contribution < -0.4 is 10.0 Å². The molecular formula is C26H27F2N7O4S. The average molecular weight is 572 g/mol. The predicted molar refractivity (Wildman–Crippen MR) is 141 cm³/mol. The number of carbonyl (C=O) groups excluding carboxylic acids is 1. The van der Waals surface area contributed by atoms with Crippen molar-refractivity contribution in [2.75, 3.05) is 5.32 Å². The van der Waals surface area contributed by atoms with E-state index in [-0.39, 0.29) is 36.2 Å². The summed E-state index contributed by atoms with van der Waals surface area (Å²) in [7, 11) is -3.79. The average Bonchev–Trinajstić information content (AvgIpc) is 3.49. The third-order valence-electron chi connectivity index (χ3n) is 6.27. The van der Waals surface area contributed by atoms with Crippen LogP contribution in [0.1, 0.15) is 38.7 Å². The molecule has 2 N–H and O–H groups in total. The fourth-order valence-corrected chi connectivity index (χ4v) is 5.46. The number of hydrogen-bond acceptors (Lipinski definition) is 9. The maximum absolute atomic E-state index is 14.8. The number of carbonyl (C=O) groups is 1. The highest BCUT2D eigenvalue weighted by molar-refractivity contribution is 7.90. The lowest BCUT2D eigenvalue weighted by molar-refractivity contribution is -0.120. The molecule has 40 heavy (non-hydrogen) atoms. The summed E-state index contributed by atoms with van der Waals surface area (Å²) in [5.41, 5.74) is 1.53. The molecule has 1 fully saturated rings. The highest BCUT2D eigenvalue weighted by atomic mass is 32.2. The van der Waals surface area contributed by atoms with Crippen molar-refractivity contribution in [2.24, 2.45) is 5.92 Å². The largest absolute Gasteiger partial charge is 0.364 e. The molecule has 1 aliphatic rings. The van der Waals surface area contributed by atoms with Crippen molar-refractivity contribution in [1.82, 2.24) is 29.6 Å². The number of amides is 1. The van der Waals surface area contributed by atoms with E-state index in [0.717, 1.165) is 6.20 Å². The normalized spacial score (nSPS) is 14.3. The first-order valence-corrected chi connectivity index (χ1v) is 14.2. The van der Waals surface area contributed by atoms with Crippen LogP contribution in [0.2, 0.25) is 0 Å². The molecule has 1 aliphatic carbocycles. The second-order valence-corrected chi connectivity index (χ2v) is 11.9. The zero-order valence-corrected chi connectivity index (χ0v) is 22.5. The second-order valence-electron chi connectivity index (χ2n) is 9.98. The van der Waals surface area contributed by atoms with E-state index in [4.69, 9.17) is 4.52 Å². The zero-order valence-electron chi connectivity index (χ0n) is 21.7. The standard InChI is InChI=1S/C26H27F2N7O4S/c1-15(2)11-22(26(36)34-40(37,38)17-7-8-17)30-24-19(28)13-29-25(31-24)21-12-23(20-9-10-39-33-20)35(32-21)14-16-5-3-4-6-18(16)27/h3-6,9-10,12-13,15,17,22H,7-8,11,14H2,1-2H3,(H,34,36)(H,29,30,31)/t22-/m0/s1. The van der Waals surface area contributed by atoms with Crippen LogP contribution in [0, 0.1) is 17.6 Å². The van der Waals surface area contributed by atoms with E-state index in [2.05, 4.69) is 30.3 Å². The van der Waals surface area contributed by atoms with E-state index in [1.165, 1.54) is 17.0 Å². The number of aromatic nitrogens is 5. The summed E-state index contributed by atoms with van der Waals surface area (Å²) in [4.78, 5) is 21.2. The lowest BCUT2D eigenvalue weighted by atomic mass is 10.0. The van der Waals surface area contributed by atoms with Gasteiger partial charge >= 0.3 is 0 Å². The van der Waals surface area contributed by atoms with Crippen LogP contribution in [0.4, 0.5) is 14.6 Å². The van der Waals surface area contributed by atoms with Crippen molar-refractivity contribution in [3.63, 3.8) is 0 Å². The minimum absolute atomic E-state index is 0.0182. The molecule has 11 nitrogen and oxygen atoms in total. The van der Waals surface area contributed by atoms with Gasteiger partial charge in [0, 0.05) is 11.6 Å². The molecule has 210 valence electrons. The molecule has 0 bridgehead atoms. The van der Waals surface area contributed by atoms with E-state index >= 15 is 0 Å².